The highest BCUT2D eigenvalue weighted by molar-refractivity contribution is 5.85. The minimum absolute atomic E-state index is 0.0141. The standard InChI is InChI=1S/C18H33N5O2/c1-19-16(24)12-14-8-10-23(11-9-14)18(20-13-17(25)22(2)3)21-15-6-4-5-7-15/h14-15H,4-13H2,1-3H3,(H,19,24)(H,20,21). The molecule has 142 valence electrons. The zero-order chi connectivity index (χ0) is 18.2. The first kappa shape index (κ1) is 19.5. The number of aliphatic imine (C=N–C) groups is 1. The van der Waals surface area contributed by atoms with Crippen molar-refractivity contribution in [3.63, 3.8) is 0 Å². The van der Waals surface area contributed by atoms with Crippen molar-refractivity contribution in [2.24, 2.45) is 10.9 Å². The first-order valence-corrected chi connectivity index (χ1v) is 9.46. The van der Waals surface area contributed by atoms with Crippen molar-refractivity contribution in [2.75, 3.05) is 40.8 Å². The van der Waals surface area contributed by atoms with Gasteiger partial charge in [-0.3, -0.25) is 9.59 Å². The van der Waals surface area contributed by atoms with E-state index in [1.54, 1.807) is 26.0 Å². The number of carbonyl (C=O) groups excluding carboxylic acids is 2. The van der Waals surface area contributed by atoms with Crippen molar-refractivity contribution in [1.82, 2.24) is 20.4 Å². The molecule has 1 aliphatic carbocycles. The van der Waals surface area contributed by atoms with E-state index in [1.165, 1.54) is 25.7 Å². The van der Waals surface area contributed by atoms with Gasteiger partial charge in [0.1, 0.15) is 6.54 Å². The Bertz CT molecular complexity index is 478. The highest BCUT2D eigenvalue weighted by Gasteiger charge is 2.25. The highest BCUT2D eigenvalue weighted by Crippen LogP contribution is 2.22. The van der Waals surface area contributed by atoms with Gasteiger partial charge >= 0.3 is 0 Å². The average molecular weight is 351 g/mol. The Balaban J connectivity index is 1.94. The van der Waals surface area contributed by atoms with Crippen molar-refractivity contribution < 1.29 is 9.59 Å². The average Bonchev–Trinajstić information content (AvgIpc) is 3.12. The molecular formula is C18H33N5O2. The van der Waals surface area contributed by atoms with Gasteiger partial charge in [0.2, 0.25) is 11.8 Å². The Morgan fingerprint density at radius 2 is 1.76 bits per heavy atom. The molecule has 0 unspecified atom stereocenters. The summed E-state index contributed by atoms with van der Waals surface area (Å²) in [6.45, 7) is 1.95. The maximum Gasteiger partial charge on any atom is 0.243 e. The lowest BCUT2D eigenvalue weighted by molar-refractivity contribution is -0.127. The van der Waals surface area contributed by atoms with E-state index in [-0.39, 0.29) is 18.4 Å². The van der Waals surface area contributed by atoms with E-state index in [4.69, 9.17) is 0 Å². The van der Waals surface area contributed by atoms with Gasteiger partial charge < -0.3 is 20.4 Å². The van der Waals surface area contributed by atoms with Gasteiger partial charge in [-0.2, -0.15) is 0 Å². The summed E-state index contributed by atoms with van der Waals surface area (Å²) < 4.78 is 0. The molecule has 2 rings (SSSR count). The van der Waals surface area contributed by atoms with Gasteiger partial charge in [-0.05, 0) is 31.6 Å². The summed E-state index contributed by atoms with van der Waals surface area (Å²) in [4.78, 5) is 31.9. The van der Waals surface area contributed by atoms with Crippen LogP contribution in [0.15, 0.2) is 4.99 Å². The van der Waals surface area contributed by atoms with E-state index < -0.39 is 0 Å². The van der Waals surface area contributed by atoms with Gasteiger partial charge in [0.15, 0.2) is 5.96 Å². The highest BCUT2D eigenvalue weighted by atomic mass is 16.2. The van der Waals surface area contributed by atoms with Gasteiger partial charge in [-0.15, -0.1) is 0 Å². The third-order valence-corrected chi connectivity index (χ3v) is 5.22. The number of rotatable bonds is 5. The first-order chi connectivity index (χ1) is 12.0. The van der Waals surface area contributed by atoms with Crippen LogP contribution in [0.25, 0.3) is 0 Å². The molecule has 0 radical (unpaired) electrons. The fourth-order valence-electron chi connectivity index (χ4n) is 3.49. The smallest absolute Gasteiger partial charge is 0.243 e. The maximum absolute atomic E-state index is 11.9. The normalized spacial score (nSPS) is 19.8. The molecule has 0 aromatic rings. The summed E-state index contributed by atoms with van der Waals surface area (Å²) in [5.74, 6) is 1.43. The molecular weight excluding hydrogens is 318 g/mol. The van der Waals surface area contributed by atoms with Crippen LogP contribution in [0.4, 0.5) is 0 Å². The van der Waals surface area contributed by atoms with Crippen molar-refractivity contribution in [3.05, 3.63) is 0 Å². The molecule has 1 saturated carbocycles. The number of likely N-dealkylation sites (tertiary alicyclic amines) is 1. The van der Waals surface area contributed by atoms with Gasteiger partial charge in [-0.1, -0.05) is 12.8 Å². The third-order valence-electron chi connectivity index (χ3n) is 5.22. The molecule has 2 fully saturated rings. The number of piperidine rings is 1. The molecule has 0 aromatic heterocycles. The van der Waals surface area contributed by atoms with Gasteiger partial charge in [-0.25, -0.2) is 4.99 Å². The van der Waals surface area contributed by atoms with Crippen LogP contribution in [0.5, 0.6) is 0 Å². The molecule has 2 N–H and O–H groups in total. The van der Waals surface area contributed by atoms with E-state index in [0.29, 0.717) is 18.4 Å². The number of hydrogen-bond acceptors (Lipinski definition) is 3. The van der Waals surface area contributed by atoms with E-state index in [1.807, 2.05) is 0 Å². The van der Waals surface area contributed by atoms with Crippen molar-refractivity contribution in [2.45, 2.75) is 51.0 Å². The predicted octanol–water partition coefficient (Wildman–Crippen LogP) is 0.811. The summed E-state index contributed by atoms with van der Waals surface area (Å²) in [6, 6.07) is 0.469. The Hall–Kier alpha value is -1.79. The second kappa shape index (κ2) is 9.63. The zero-order valence-electron chi connectivity index (χ0n) is 15.9. The Labute approximate surface area is 151 Å². The first-order valence-electron chi connectivity index (χ1n) is 9.46. The van der Waals surface area contributed by atoms with E-state index in [9.17, 15) is 9.59 Å². The quantitative estimate of drug-likeness (QED) is 0.568. The second-order valence-corrected chi connectivity index (χ2v) is 7.36. The van der Waals surface area contributed by atoms with Crippen LogP contribution in [-0.2, 0) is 9.59 Å². The molecule has 7 heteroatoms. The van der Waals surface area contributed by atoms with Crippen LogP contribution < -0.4 is 10.6 Å². The molecule has 1 heterocycles. The molecule has 0 atom stereocenters. The predicted molar refractivity (Wildman–Crippen MR) is 99.4 cm³/mol. The van der Waals surface area contributed by atoms with Gasteiger partial charge in [0.05, 0.1) is 0 Å². The molecule has 1 saturated heterocycles. The zero-order valence-corrected chi connectivity index (χ0v) is 15.9. The monoisotopic (exact) mass is 351 g/mol. The van der Waals surface area contributed by atoms with E-state index in [2.05, 4.69) is 20.5 Å². The van der Waals surface area contributed by atoms with Crippen LogP contribution in [-0.4, -0.2) is 74.4 Å². The summed E-state index contributed by atoms with van der Waals surface area (Å²) in [5.41, 5.74) is 0. The summed E-state index contributed by atoms with van der Waals surface area (Å²) in [7, 11) is 5.20. The largest absolute Gasteiger partial charge is 0.359 e. The second-order valence-electron chi connectivity index (χ2n) is 7.36. The van der Waals surface area contributed by atoms with Crippen LogP contribution in [0, 0.1) is 5.92 Å². The lowest BCUT2D eigenvalue weighted by Gasteiger charge is -2.35. The van der Waals surface area contributed by atoms with Gasteiger partial charge in [0, 0.05) is 46.7 Å². The molecule has 0 bridgehead atoms. The van der Waals surface area contributed by atoms with Crippen LogP contribution in [0.1, 0.15) is 44.9 Å². The van der Waals surface area contributed by atoms with Crippen LogP contribution >= 0.6 is 0 Å². The molecule has 7 nitrogen and oxygen atoms in total. The molecule has 25 heavy (non-hydrogen) atoms. The minimum atomic E-state index is 0.0141. The number of hydrogen-bond donors (Lipinski definition) is 2. The van der Waals surface area contributed by atoms with Crippen molar-refractivity contribution in [1.29, 1.82) is 0 Å². The Kier molecular flexibility index (Phi) is 7.52. The Morgan fingerprint density at radius 1 is 1.12 bits per heavy atom. The van der Waals surface area contributed by atoms with Crippen molar-refractivity contribution >= 4 is 17.8 Å². The van der Waals surface area contributed by atoms with E-state index >= 15 is 0 Å². The number of likely N-dealkylation sites (N-methyl/N-ethyl adjacent to an activating group) is 1. The molecule has 2 aliphatic rings. The number of carbonyl (C=O) groups is 2. The number of amides is 2. The Morgan fingerprint density at radius 3 is 2.32 bits per heavy atom. The van der Waals surface area contributed by atoms with E-state index in [0.717, 1.165) is 31.9 Å². The maximum atomic E-state index is 11.9. The van der Waals surface area contributed by atoms with Crippen molar-refractivity contribution in [3.8, 4) is 0 Å². The molecule has 0 aromatic carbocycles. The summed E-state index contributed by atoms with van der Waals surface area (Å²) >= 11 is 0. The topological polar surface area (TPSA) is 77.0 Å². The number of nitrogens with zero attached hydrogens (tertiary/aromatic N) is 3. The summed E-state index contributed by atoms with van der Waals surface area (Å²) in [6.07, 6.45) is 7.44. The lowest BCUT2D eigenvalue weighted by Crippen LogP contribution is -2.49. The molecule has 2 amide bonds. The fourth-order valence-corrected chi connectivity index (χ4v) is 3.49. The fraction of sp³-hybridized carbons (Fsp3) is 0.833. The molecule has 1 aliphatic heterocycles. The minimum Gasteiger partial charge on any atom is -0.359 e. The van der Waals surface area contributed by atoms with Crippen LogP contribution in [0.3, 0.4) is 0 Å². The lowest BCUT2D eigenvalue weighted by atomic mass is 9.93. The summed E-state index contributed by atoms with van der Waals surface area (Å²) in [5, 5.41) is 6.28. The number of guanidine groups is 1. The van der Waals surface area contributed by atoms with Crippen LogP contribution in [0.2, 0.25) is 0 Å². The SMILES string of the molecule is CNC(=O)CC1CCN(C(=NCC(=O)N(C)C)NC2CCCC2)CC1. The van der Waals surface area contributed by atoms with Gasteiger partial charge in [0.25, 0.3) is 0 Å². The number of nitrogens with one attached hydrogen (secondary N) is 2. The molecule has 0 spiro atoms. The third kappa shape index (κ3) is 6.21.